The molecule has 1 aliphatic carbocycles. The van der Waals surface area contributed by atoms with Crippen LogP contribution in [-0.4, -0.2) is 61.9 Å². The Bertz CT molecular complexity index is 468. The Morgan fingerprint density at radius 1 is 1.12 bits per heavy atom. The average molecular weight is 351 g/mol. The van der Waals surface area contributed by atoms with Gasteiger partial charge in [-0.2, -0.15) is 0 Å². The van der Waals surface area contributed by atoms with Crippen molar-refractivity contribution in [2.24, 2.45) is 10.9 Å². The van der Waals surface area contributed by atoms with Crippen molar-refractivity contribution < 1.29 is 9.59 Å². The SMILES string of the molecule is CCNC(=NCCCC(=O)NC1CC1)N1CCC(CC(=O)NC)CC1. The topological polar surface area (TPSA) is 85.8 Å². The van der Waals surface area contributed by atoms with Gasteiger partial charge in [-0.15, -0.1) is 0 Å². The number of amides is 2. The number of hydrogen-bond acceptors (Lipinski definition) is 3. The Kier molecular flexibility index (Phi) is 8.01. The van der Waals surface area contributed by atoms with Gasteiger partial charge in [-0.1, -0.05) is 0 Å². The van der Waals surface area contributed by atoms with E-state index in [1.54, 1.807) is 7.05 Å². The number of nitrogens with zero attached hydrogens (tertiary/aromatic N) is 2. The minimum atomic E-state index is 0.128. The Labute approximate surface area is 151 Å². The van der Waals surface area contributed by atoms with E-state index in [-0.39, 0.29) is 11.8 Å². The second-order valence-corrected chi connectivity index (χ2v) is 6.99. The third-order valence-electron chi connectivity index (χ3n) is 4.77. The smallest absolute Gasteiger partial charge is 0.220 e. The van der Waals surface area contributed by atoms with E-state index < -0.39 is 0 Å². The molecule has 0 atom stereocenters. The molecule has 2 amide bonds. The van der Waals surface area contributed by atoms with Crippen LogP contribution in [0.2, 0.25) is 0 Å². The summed E-state index contributed by atoms with van der Waals surface area (Å²) in [6.07, 6.45) is 6.24. The Balaban J connectivity index is 1.71. The van der Waals surface area contributed by atoms with Crippen LogP contribution in [0.25, 0.3) is 0 Å². The van der Waals surface area contributed by atoms with Crippen LogP contribution in [0.4, 0.5) is 0 Å². The first-order valence-corrected chi connectivity index (χ1v) is 9.65. The fourth-order valence-electron chi connectivity index (χ4n) is 3.09. The molecular formula is C18H33N5O2. The highest BCUT2D eigenvalue weighted by molar-refractivity contribution is 5.80. The number of hydrogen-bond donors (Lipinski definition) is 3. The van der Waals surface area contributed by atoms with Crippen molar-refractivity contribution in [3.05, 3.63) is 0 Å². The molecule has 1 aliphatic heterocycles. The molecule has 2 fully saturated rings. The van der Waals surface area contributed by atoms with Crippen molar-refractivity contribution in [1.29, 1.82) is 0 Å². The molecule has 2 rings (SSSR count). The molecule has 0 aromatic rings. The lowest BCUT2D eigenvalue weighted by molar-refractivity contribution is -0.122. The van der Waals surface area contributed by atoms with Crippen molar-refractivity contribution in [2.75, 3.05) is 33.2 Å². The standard InChI is InChI=1S/C18H33N5O2/c1-3-20-18(21-10-4-5-16(24)22-15-6-7-15)23-11-8-14(9-12-23)13-17(25)19-2/h14-15H,3-13H2,1-2H3,(H,19,25)(H,20,21)(H,22,24). The second kappa shape index (κ2) is 10.3. The van der Waals surface area contributed by atoms with Crippen LogP contribution in [0.15, 0.2) is 4.99 Å². The third-order valence-corrected chi connectivity index (χ3v) is 4.77. The predicted molar refractivity (Wildman–Crippen MR) is 99.4 cm³/mol. The highest BCUT2D eigenvalue weighted by Crippen LogP contribution is 2.20. The molecule has 0 radical (unpaired) electrons. The molecule has 7 nitrogen and oxygen atoms in total. The number of carbonyl (C=O) groups is 2. The summed E-state index contributed by atoms with van der Waals surface area (Å²) in [5.41, 5.74) is 0. The minimum absolute atomic E-state index is 0.128. The van der Waals surface area contributed by atoms with Gasteiger partial charge in [-0.25, -0.2) is 0 Å². The van der Waals surface area contributed by atoms with Gasteiger partial charge in [0.1, 0.15) is 0 Å². The summed E-state index contributed by atoms with van der Waals surface area (Å²) >= 11 is 0. The molecule has 25 heavy (non-hydrogen) atoms. The Morgan fingerprint density at radius 2 is 1.84 bits per heavy atom. The van der Waals surface area contributed by atoms with Crippen LogP contribution < -0.4 is 16.0 Å². The molecule has 7 heteroatoms. The quantitative estimate of drug-likeness (QED) is 0.344. The highest BCUT2D eigenvalue weighted by Gasteiger charge is 2.24. The summed E-state index contributed by atoms with van der Waals surface area (Å²) in [5, 5.41) is 9.06. The van der Waals surface area contributed by atoms with E-state index in [4.69, 9.17) is 0 Å². The number of likely N-dealkylation sites (tertiary alicyclic amines) is 1. The number of guanidine groups is 1. The van der Waals surface area contributed by atoms with Crippen LogP contribution in [0.1, 0.15) is 51.9 Å². The second-order valence-electron chi connectivity index (χ2n) is 6.99. The molecule has 0 aromatic heterocycles. The first-order valence-electron chi connectivity index (χ1n) is 9.65. The maximum atomic E-state index is 11.7. The zero-order valence-electron chi connectivity index (χ0n) is 15.6. The highest BCUT2D eigenvalue weighted by atomic mass is 16.2. The van der Waals surface area contributed by atoms with Crippen LogP contribution in [0, 0.1) is 5.92 Å². The molecule has 0 unspecified atom stereocenters. The zero-order valence-corrected chi connectivity index (χ0v) is 15.6. The predicted octanol–water partition coefficient (Wildman–Crippen LogP) is 0.859. The maximum Gasteiger partial charge on any atom is 0.220 e. The largest absolute Gasteiger partial charge is 0.359 e. The van der Waals surface area contributed by atoms with Gasteiger partial charge in [0.2, 0.25) is 11.8 Å². The maximum absolute atomic E-state index is 11.7. The number of rotatable bonds is 8. The van der Waals surface area contributed by atoms with E-state index in [0.717, 1.165) is 57.7 Å². The van der Waals surface area contributed by atoms with Gasteiger partial charge in [0.05, 0.1) is 0 Å². The summed E-state index contributed by atoms with van der Waals surface area (Å²) in [5.74, 6) is 1.68. The van der Waals surface area contributed by atoms with Crippen LogP contribution in [0.5, 0.6) is 0 Å². The average Bonchev–Trinajstić information content (AvgIpc) is 3.42. The van der Waals surface area contributed by atoms with Gasteiger partial charge in [0, 0.05) is 52.1 Å². The van der Waals surface area contributed by atoms with Crippen molar-refractivity contribution in [2.45, 2.75) is 57.9 Å². The van der Waals surface area contributed by atoms with E-state index in [9.17, 15) is 9.59 Å². The lowest BCUT2D eigenvalue weighted by Crippen LogP contribution is -2.46. The fraction of sp³-hybridized carbons (Fsp3) is 0.833. The molecule has 2 aliphatic rings. The van der Waals surface area contributed by atoms with Gasteiger partial charge in [0.25, 0.3) is 0 Å². The monoisotopic (exact) mass is 351 g/mol. The molecule has 0 spiro atoms. The summed E-state index contributed by atoms with van der Waals surface area (Å²) in [7, 11) is 1.69. The van der Waals surface area contributed by atoms with E-state index in [2.05, 4.69) is 32.8 Å². The molecule has 1 saturated carbocycles. The summed E-state index contributed by atoms with van der Waals surface area (Å²) in [6, 6.07) is 0.435. The minimum Gasteiger partial charge on any atom is -0.359 e. The van der Waals surface area contributed by atoms with Gasteiger partial charge in [-0.3, -0.25) is 14.6 Å². The lowest BCUT2D eigenvalue weighted by Gasteiger charge is -2.34. The molecular weight excluding hydrogens is 318 g/mol. The molecule has 1 heterocycles. The number of nitrogens with one attached hydrogen (secondary N) is 3. The van der Waals surface area contributed by atoms with Crippen LogP contribution in [0.3, 0.4) is 0 Å². The number of carbonyl (C=O) groups excluding carboxylic acids is 2. The van der Waals surface area contributed by atoms with Gasteiger partial charge < -0.3 is 20.9 Å². The Hall–Kier alpha value is -1.79. The molecule has 0 aromatic carbocycles. The fourth-order valence-corrected chi connectivity index (χ4v) is 3.09. The van der Waals surface area contributed by atoms with Gasteiger partial charge in [0.15, 0.2) is 5.96 Å². The van der Waals surface area contributed by atoms with Crippen LogP contribution >= 0.6 is 0 Å². The normalized spacial score (nSPS) is 18.8. The molecule has 1 saturated heterocycles. The van der Waals surface area contributed by atoms with Gasteiger partial charge >= 0.3 is 0 Å². The summed E-state index contributed by atoms with van der Waals surface area (Å²) in [4.78, 5) is 30.2. The van der Waals surface area contributed by atoms with Crippen molar-refractivity contribution in [3.8, 4) is 0 Å². The van der Waals surface area contributed by atoms with Crippen molar-refractivity contribution >= 4 is 17.8 Å². The zero-order chi connectivity index (χ0) is 18.1. The van der Waals surface area contributed by atoms with Crippen molar-refractivity contribution in [3.63, 3.8) is 0 Å². The van der Waals surface area contributed by atoms with E-state index in [0.29, 0.717) is 31.3 Å². The molecule has 142 valence electrons. The lowest BCUT2D eigenvalue weighted by atomic mass is 9.93. The van der Waals surface area contributed by atoms with Gasteiger partial charge in [-0.05, 0) is 44.9 Å². The first-order chi connectivity index (χ1) is 12.1. The number of aliphatic imine (C=N–C) groups is 1. The van der Waals surface area contributed by atoms with E-state index >= 15 is 0 Å². The molecule has 0 bridgehead atoms. The summed E-state index contributed by atoms with van der Waals surface area (Å²) < 4.78 is 0. The van der Waals surface area contributed by atoms with E-state index in [1.165, 1.54) is 0 Å². The number of piperidine rings is 1. The van der Waals surface area contributed by atoms with Crippen molar-refractivity contribution in [1.82, 2.24) is 20.9 Å². The molecule has 3 N–H and O–H groups in total. The van der Waals surface area contributed by atoms with E-state index in [1.807, 2.05) is 0 Å². The first kappa shape index (κ1) is 19.5. The Morgan fingerprint density at radius 3 is 2.44 bits per heavy atom. The summed E-state index contributed by atoms with van der Waals surface area (Å²) in [6.45, 7) is 5.42. The third kappa shape index (κ3) is 7.32. The van der Waals surface area contributed by atoms with Crippen LogP contribution in [-0.2, 0) is 9.59 Å².